The molecule has 0 aliphatic carbocycles. The minimum atomic E-state index is -0.598. The first kappa shape index (κ1) is 21.4. The summed E-state index contributed by atoms with van der Waals surface area (Å²) in [6, 6.07) is 12.6. The number of carbonyl (C=O) groups excluding carboxylic acids is 1. The summed E-state index contributed by atoms with van der Waals surface area (Å²) >= 11 is 5.66. The van der Waals surface area contributed by atoms with Crippen LogP contribution in [0.3, 0.4) is 0 Å². The lowest BCUT2D eigenvalue weighted by Gasteiger charge is -2.37. The minimum Gasteiger partial charge on any atom is -0.493 e. The molecule has 158 valence electrons. The van der Waals surface area contributed by atoms with E-state index in [-0.39, 0.29) is 0 Å². The van der Waals surface area contributed by atoms with E-state index < -0.39 is 12.0 Å². The van der Waals surface area contributed by atoms with Crippen molar-refractivity contribution >= 4 is 29.0 Å². The third kappa shape index (κ3) is 3.66. The topological polar surface area (TPSA) is 69.3 Å². The number of nitrogens with zero attached hydrogens (tertiary/aromatic N) is 1. The molecule has 1 aliphatic rings. The Bertz CT molecular complexity index is 991. The Hall–Kier alpha value is -3.26. The van der Waals surface area contributed by atoms with Crippen molar-refractivity contribution in [2.75, 3.05) is 33.3 Å². The molecular weight excluding hydrogens is 404 g/mol. The van der Waals surface area contributed by atoms with Crippen LogP contribution in [0, 0.1) is 0 Å². The van der Waals surface area contributed by atoms with Crippen LogP contribution in [0.15, 0.2) is 53.7 Å². The van der Waals surface area contributed by atoms with E-state index in [4.69, 9.17) is 31.2 Å². The fourth-order valence-corrected chi connectivity index (χ4v) is 3.95. The summed E-state index contributed by atoms with van der Waals surface area (Å²) in [5, 5.41) is 3.71. The molecule has 3 rings (SSSR count). The molecule has 0 amide bonds. The zero-order valence-corrected chi connectivity index (χ0v) is 18.3. The fourth-order valence-electron chi connectivity index (χ4n) is 3.59. The maximum Gasteiger partial charge on any atom is 0.337 e. The number of nitrogens with one attached hydrogen (secondary N) is 1. The standard InChI is InChI=1S/C22H24N2O5S/c1-13-17(21(25)29-5)18(23-22(30)24(13)14-9-7-6-8-10-14)15-11-12-16(26-2)20(28-4)19(15)27-3/h6-12,18H,1-5H3,(H,23,30). The van der Waals surface area contributed by atoms with Gasteiger partial charge in [0.25, 0.3) is 0 Å². The summed E-state index contributed by atoms with van der Waals surface area (Å²) in [6.45, 7) is 1.84. The lowest BCUT2D eigenvalue weighted by atomic mass is 9.93. The number of hydrogen-bond donors (Lipinski definition) is 1. The first-order valence-corrected chi connectivity index (χ1v) is 9.62. The Morgan fingerprint density at radius 3 is 2.20 bits per heavy atom. The van der Waals surface area contributed by atoms with Crippen LogP contribution in [0.25, 0.3) is 0 Å². The molecule has 0 bridgehead atoms. The van der Waals surface area contributed by atoms with E-state index >= 15 is 0 Å². The predicted molar refractivity (Wildman–Crippen MR) is 118 cm³/mol. The van der Waals surface area contributed by atoms with Crippen LogP contribution in [-0.2, 0) is 9.53 Å². The van der Waals surface area contributed by atoms with Gasteiger partial charge >= 0.3 is 5.97 Å². The molecule has 1 aliphatic heterocycles. The van der Waals surface area contributed by atoms with Crippen LogP contribution in [0.4, 0.5) is 5.69 Å². The molecule has 1 N–H and O–H groups in total. The number of methoxy groups -OCH3 is 4. The lowest BCUT2D eigenvalue weighted by Crippen LogP contribution is -2.48. The molecule has 1 unspecified atom stereocenters. The number of para-hydroxylation sites is 1. The van der Waals surface area contributed by atoms with Crippen molar-refractivity contribution < 1.29 is 23.7 Å². The second-order valence-electron chi connectivity index (χ2n) is 6.47. The second-order valence-corrected chi connectivity index (χ2v) is 6.85. The number of anilines is 1. The van der Waals surface area contributed by atoms with E-state index in [2.05, 4.69) is 5.32 Å². The van der Waals surface area contributed by atoms with Gasteiger partial charge < -0.3 is 24.3 Å². The van der Waals surface area contributed by atoms with Crippen LogP contribution < -0.4 is 24.4 Å². The summed E-state index contributed by atoms with van der Waals surface area (Å²) in [6.07, 6.45) is 0. The molecular formula is C22H24N2O5S. The average molecular weight is 429 g/mol. The van der Waals surface area contributed by atoms with E-state index in [1.165, 1.54) is 21.3 Å². The van der Waals surface area contributed by atoms with Crippen molar-refractivity contribution in [3.8, 4) is 17.2 Å². The molecule has 0 aromatic heterocycles. The highest BCUT2D eigenvalue weighted by atomic mass is 32.1. The minimum absolute atomic E-state index is 0.417. The van der Waals surface area contributed by atoms with Gasteiger partial charge in [0.05, 0.1) is 40.1 Å². The highest BCUT2D eigenvalue weighted by Crippen LogP contribution is 2.45. The summed E-state index contributed by atoms with van der Waals surface area (Å²) in [5.41, 5.74) is 2.59. The van der Waals surface area contributed by atoms with Gasteiger partial charge in [0.1, 0.15) is 0 Å². The van der Waals surface area contributed by atoms with E-state index in [1.807, 2.05) is 48.2 Å². The SMILES string of the molecule is COC(=O)C1=C(C)N(c2ccccc2)C(=S)NC1c1ccc(OC)c(OC)c1OC. The van der Waals surface area contributed by atoms with Crippen molar-refractivity contribution in [1.82, 2.24) is 5.32 Å². The molecule has 0 saturated carbocycles. The number of hydrogen-bond acceptors (Lipinski definition) is 6. The maximum atomic E-state index is 12.8. The summed E-state index contributed by atoms with van der Waals surface area (Å²) < 4.78 is 21.6. The Morgan fingerprint density at radius 1 is 0.967 bits per heavy atom. The number of benzene rings is 2. The van der Waals surface area contributed by atoms with E-state index in [9.17, 15) is 4.79 Å². The maximum absolute atomic E-state index is 12.8. The van der Waals surface area contributed by atoms with Crippen LogP contribution in [0.1, 0.15) is 18.5 Å². The smallest absolute Gasteiger partial charge is 0.337 e. The summed E-state index contributed by atoms with van der Waals surface area (Å²) in [5.74, 6) is 0.921. The Kier molecular flexibility index (Phi) is 6.47. The highest BCUT2D eigenvalue weighted by molar-refractivity contribution is 7.80. The van der Waals surface area contributed by atoms with Gasteiger partial charge in [0, 0.05) is 16.9 Å². The van der Waals surface area contributed by atoms with Crippen LogP contribution >= 0.6 is 12.2 Å². The number of esters is 1. The van der Waals surface area contributed by atoms with Gasteiger partial charge in [-0.05, 0) is 43.4 Å². The number of thiocarbonyl (C=S) groups is 1. The van der Waals surface area contributed by atoms with Gasteiger partial charge in [-0.25, -0.2) is 4.79 Å². The average Bonchev–Trinajstić information content (AvgIpc) is 2.77. The highest BCUT2D eigenvalue weighted by Gasteiger charge is 2.37. The molecule has 8 heteroatoms. The normalized spacial score (nSPS) is 16.1. The molecule has 1 atom stereocenters. The third-order valence-electron chi connectivity index (χ3n) is 4.95. The second kappa shape index (κ2) is 9.04. The molecule has 2 aromatic carbocycles. The quantitative estimate of drug-likeness (QED) is 0.553. The van der Waals surface area contributed by atoms with Crippen molar-refractivity contribution in [3.63, 3.8) is 0 Å². The molecule has 0 spiro atoms. The third-order valence-corrected chi connectivity index (χ3v) is 5.25. The molecule has 30 heavy (non-hydrogen) atoms. The number of carbonyl (C=O) groups is 1. The van der Waals surface area contributed by atoms with Gasteiger partial charge in [-0.3, -0.25) is 4.90 Å². The molecule has 1 heterocycles. The molecule has 7 nitrogen and oxygen atoms in total. The molecule has 2 aromatic rings. The van der Waals surface area contributed by atoms with Crippen molar-refractivity contribution in [2.24, 2.45) is 0 Å². The molecule has 0 fully saturated rings. The zero-order chi connectivity index (χ0) is 21.8. The first-order chi connectivity index (χ1) is 14.5. The largest absolute Gasteiger partial charge is 0.493 e. The fraction of sp³-hybridized carbons (Fsp3) is 0.273. The zero-order valence-electron chi connectivity index (χ0n) is 17.5. The Balaban J connectivity index is 2.22. The van der Waals surface area contributed by atoms with Gasteiger partial charge in [0.15, 0.2) is 16.6 Å². The van der Waals surface area contributed by atoms with E-state index in [0.29, 0.717) is 39.2 Å². The van der Waals surface area contributed by atoms with Crippen molar-refractivity contribution in [1.29, 1.82) is 0 Å². The van der Waals surface area contributed by atoms with E-state index in [1.54, 1.807) is 13.2 Å². The number of ether oxygens (including phenoxy) is 4. The van der Waals surface area contributed by atoms with Gasteiger partial charge in [-0.15, -0.1) is 0 Å². The van der Waals surface area contributed by atoms with Crippen LogP contribution in [0.2, 0.25) is 0 Å². The van der Waals surface area contributed by atoms with Crippen LogP contribution in [-0.4, -0.2) is 39.5 Å². The van der Waals surface area contributed by atoms with Crippen molar-refractivity contribution in [2.45, 2.75) is 13.0 Å². The number of rotatable bonds is 6. The first-order valence-electron chi connectivity index (χ1n) is 9.22. The number of allylic oxidation sites excluding steroid dienone is 1. The van der Waals surface area contributed by atoms with Crippen LogP contribution in [0.5, 0.6) is 17.2 Å². The Morgan fingerprint density at radius 2 is 1.63 bits per heavy atom. The lowest BCUT2D eigenvalue weighted by molar-refractivity contribution is -0.136. The monoisotopic (exact) mass is 428 g/mol. The van der Waals surface area contributed by atoms with Gasteiger partial charge in [-0.1, -0.05) is 18.2 Å². The molecule has 0 radical (unpaired) electrons. The summed E-state index contributed by atoms with van der Waals surface area (Å²) in [4.78, 5) is 14.6. The van der Waals surface area contributed by atoms with Crippen molar-refractivity contribution in [3.05, 3.63) is 59.3 Å². The molecule has 0 saturated heterocycles. The predicted octanol–water partition coefficient (Wildman–Crippen LogP) is 3.60. The van der Waals surface area contributed by atoms with Gasteiger partial charge in [-0.2, -0.15) is 0 Å². The summed E-state index contributed by atoms with van der Waals surface area (Å²) in [7, 11) is 5.97. The Labute approximate surface area is 181 Å². The van der Waals surface area contributed by atoms with Gasteiger partial charge in [0.2, 0.25) is 5.75 Å². The van der Waals surface area contributed by atoms with E-state index in [0.717, 1.165) is 5.69 Å².